The number of aliphatic hydroxyl groups is 8. The Hall–Kier alpha value is -3.26. The topological polar surface area (TPSA) is 288 Å². The minimum atomic E-state index is -1.16. The van der Waals surface area contributed by atoms with Crippen molar-refractivity contribution in [1.82, 2.24) is 0 Å². The Morgan fingerprint density at radius 3 is 1.33 bits per heavy atom. The van der Waals surface area contributed by atoms with Gasteiger partial charge >= 0.3 is 11.9 Å². The van der Waals surface area contributed by atoms with Crippen LogP contribution in [0.15, 0.2) is 71.9 Å². The normalized spacial score (nSPS) is 41.1. The van der Waals surface area contributed by atoms with Gasteiger partial charge in [0.2, 0.25) is 0 Å². The van der Waals surface area contributed by atoms with Crippen LogP contribution in [0.2, 0.25) is 0 Å². The average Bonchev–Trinajstić information content (AvgIpc) is 0.840. The lowest BCUT2D eigenvalue weighted by molar-refractivity contribution is -0.158. The van der Waals surface area contributed by atoms with E-state index in [2.05, 4.69) is 6.08 Å². The molecule has 4 bridgehead atoms. The Labute approximate surface area is 587 Å². The molecule has 0 aromatic rings. The summed E-state index contributed by atoms with van der Waals surface area (Å²) in [6.45, 7) is 22.9. The van der Waals surface area contributed by atoms with Gasteiger partial charge in [0, 0.05) is 101 Å². The van der Waals surface area contributed by atoms with Crippen LogP contribution in [-0.2, 0) is 57.0 Å². The number of aliphatic hydroxyl groups excluding tert-OH is 8. The van der Waals surface area contributed by atoms with Crippen LogP contribution in [0, 0.1) is 53.3 Å². The summed E-state index contributed by atoms with van der Waals surface area (Å²) in [7, 11) is 6.60. The van der Waals surface area contributed by atoms with Crippen molar-refractivity contribution in [3.63, 3.8) is 0 Å². The van der Waals surface area contributed by atoms with Gasteiger partial charge < -0.3 is 88.2 Å². The molecule has 20 heteroatoms. The second-order valence-corrected chi connectivity index (χ2v) is 30.4. The molecule has 0 aliphatic carbocycles. The zero-order valence-corrected chi connectivity index (χ0v) is 62.3. The van der Waals surface area contributed by atoms with Crippen molar-refractivity contribution in [2.45, 2.75) is 320 Å². The van der Waals surface area contributed by atoms with Crippen LogP contribution in [0.4, 0.5) is 0 Å². The molecule has 0 saturated carbocycles. The molecule has 2 fully saturated rings. The highest BCUT2D eigenvalue weighted by atomic mass is 16.6. The fourth-order valence-corrected chi connectivity index (χ4v) is 15.3. The third-order valence-electron chi connectivity index (χ3n) is 22.3. The molecule has 0 spiro atoms. The van der Waals surface area contributed by atoms with Crippen molar-refractivity contribution in [2.24, 2.45) is 53.3 Å². The molecular weight excluding hydrogens is 1260 g/mol. The SMILES string of the molecule is CO[C@H]1C[C@H](CC[C@H](C)[C@H](O)[C@H](C)[C@H]2OC(=O)/C=C/C(C)=C\C[C@H](O)C[C@@H]3C=CC[C@@H](C[C@H](OC)[C@@H](C)[C@@H](O)C[C@@H](O)[C@H](C)[C@@H]([C@@H](C)[C@@H](O)[C@@H](C)CC[C@H]4C[C@H](OC)C[C@H](C)O4)OC(=O)/C=C/C(C)=C/C[C@H](O)CC4C=C[C@H](CO4)C[C@H](OC)[C@@H](C)[C@@H](O)C[C@@H](O)[C@@H]2C)O3)O[C@@H](C)C1. The maximum Gasteiger partial charge on any atom is 0.331 e. The van der Waals surface area contributed by atoms with Gasteiger partial charge in [0.1, 0.15) is 12.2 Å². The molecule has 6 heterocycles. The summed E-state index contributed by atoms with van der Waals surface area (Å²) in [6, 6.07) is 0. The molecule has 0 aromatic carbocycles. The van der Waals surface area contributed by atoms with Gasteiger partial charge in [0.15, 0.2) is 0 Å². The van der Waals surface area contributed by atoms with E-state index < -0.39 is 127 Å². The Morgan fingerprint density at radius 1 is 0.480 bits per heavy atom. The lowest BCUT2D eigenvalue weighted by Crippen LogP contribution is -2.45. The Morgan fingerprint density at radius 2 is 0.908 bits per heavy atom. The average molecular weight is 1390 g/mol. The second-order valence-electron chi connectivity index (χ2n) is 30.4. The summed E-state index contributed by atoms with van der Waals surface area (Å²) in [5.41, 5.74) is 1.40. The minimum Gasteiger partial charge on any atom is -0.458 e. The van der Waals surface area contributed by atoms with Gasteiger partial charge in [-0.2, -0.15) is 0 Å². The Kier molecular flexibility index (Phi) is 37.6. The molecule has 1 unspecified atom stereocenters. The van der Waals surface area contributed by atoms with Crippen LogP contribution in [-0.4, -0.2) is 216 Å². The third kappa shape index (κ3) is 28.1. The lowest BCUT2D eigenvalue weighted by Gasteiger charge is -2.38. The number of methoxy groups -OCH3 is 4. The first-order valence-electron chi connectivity index (χ1n) is 37.0. The second kappa shape index (κ2) is 43.1. The molecular formula is C78H132O20. The summed E-state index contributed by atoms with van der Waals surface area (Å²) < 4.78 is 61.0. The van der Waals surface area contributed by atoms with E-state index in [1.165, 1.54) is 12.2 Å². The number of hydrogen-bond donors (Lipinski definition) is 8. The van der Waals surface area contributed by atoms with Crippen molar-refractivity contribution >= 4 is 11.9 Å². The molecule has 6 aliphatic heterocycles. The van der Waals surface area contributed by atoms with Gasteiger partial charge in [-0.3, -0.25) is 0 Å². The molecule has 564 valence electrons. The van der Waals surface area contributed by atoms with Gasteiger partial charge in [0.05, 0.1) is 123 Å². The summed E-state index contributed by atoms with van der Waals surface area (Å²) in [4.78, 5) is 27.8. The smallest absolute Gasteiger partial charge is 0.331 e. The Balaban J connectivity index is 1.35. The molecule has 6 aliphatic rings. The predicted octanol–water partition coefficient (Wildman–Crippen LogP) is 9.97. The van der Waals surface area contributed by atoms with E-state index in [-0.39, 0.29) is 98.7 Å². The van der Waals surface area contributed by atoms with E-state index in [0.29, 0.717) is 69.1 Å². The zero-order chi connectivity index (χ0) is 72.5. The highest BCUT2D eigenvalue weighted by Crippen LogP contribution is 2.37. The fourth-order valence-electron chi connectivity index (χ4n) is 15.3. The quantitative estimate of drug-likeness (QED) is 0.0527. The van der Waals surface area contributed by atoms with Crippen molar-refractivity contribution in [3.05, 3.63) is 71.9 Å². The first-order valence-corrected chi connectivity index (χ1v) is 37.0. The molecule has 6 rings (SSSR count). The number of allylic oxidation sites excluding steroid dienone is 4. The first-order chi connectivity index (χ1) is 46.4. The number of fused-ring (bicyclic) bond motifs is 29. The maximum atomic E-state index is 13.9. The number of carbonyl (C=O) groups excluding carboxylic acids is 2. The number of ether oxygens (including phenoxy) is 10. The summed E-state index contributed by atoms with van der Waals surface area (Å²) in [6.07, 6.45) is 14.3. The van der Waals surface area contributed by atoms with E-state index in [9.17, 15) is 50.4 Å². The number of hydrogen-bond acceptors (Lipinski definition) is 20. The zero-order valence-electron chi connectivity index (χ0n) is 62.3. The largest absolute Gasteiger partial charge is 0.458 e. The molecule has 98 heavy (non-hydrogen) atoms. The minimum absolute atomic E-state index is 0.0264. The van der Waals surface area contributed by atoms with E-state index in [1.807, 2.05) is 99.6 Å². The molecule has 8 N–H and O–H groups in total. The van der Waals surface area contributed by atoms with E-state index in [0.717, 1.165) is 25.7 Å². The van der Waals surface area contributed by atoms with Crippen LogP contribution in [0.25, 0.3) is 0 Å². The third-order valence-corrected chi connectivity index (χ3v) is 22.3. The van der Waals surface area contributed by atoms with Gasteiger partial charge in [-0.05, 0) is 129 Å². The van der Waals surface area contributed by atoms with Crippen molar-refractivity contribution < 1.29 is 97.8 Å². The number of rotatable bonds is 16. The highest BCUT2D eigenvalue weighted by molar-refractivity contribution is 5.83. The van der Waals surface area contributed by atoms with Gasteiger partial charge in [-0.1, -0.05) is 115 Å². The fraction of sp³-hybridized carbons (Fsp3) is 0.821. The van der Waals surface area contributed by atoms with E-state index >= 15 is 0 Å². The standard InChI is InChI=1S/C78H132O20/c1-45-20-27-58(79)37-60-31-26-57(44-93-60)36-71(91-15)51(7)67(81)42-69(83)53(9)77(55(11)75(87)47(3)24-29-63-39-65(89-13)34-49(5)94-63)97-74(86)33-23-46(2)21-28-59(80)38-61-18-17-19-62(96-61)41-72(92-16)52(8)68(82)43-70(84)54(10)78(98-73(85)32-22-45)56(12)76(88)48(4)25-30-64-40-66(90-14)35-50(6)95-64/h17-18,20-23,26,31-33,47-72,75-84,87-88H,19,24-25,27-30,34-44H2,1-16H3/b32-22+,33-23+,45-20+,46-21-/t47-,48-,49-,50-,51-,52-,53-,54-,55-,56-,57-,58-,59-,60?,61-,62-,63-,64-,65+,66+,67-,68-,69+,70+,71-,72-,75-,76-,77-,78-/m0/s1. The van der Waals surface area contributed by atoms with E-state index in [1.54, 1.807) is 54.4 Å². The summed E-state index contributed by atoms with van der Waals surface area (Å²) in [5, 5.41) is 94.2. The summed E-state index contributed by atoms with van der Waals surface area (Å²) >= 11 is 0. The maximum absolute atomic E-state index is 13.9. The molecule has 0 radical (unpaired) electrons. The predicted molar refractivity (Wildman–Crippen MR) is 377 cm³/mol. The Bertz CT molecular complexity index is 2480. The van der Waals surface area contributed by atoms with Crippen LogP contribution < -0.4 is 0 Å². The molecule has 0 amide bonds. The molecule has 30 atom stereocenters. The number of esters is 2. The monoisotopic (exact) mass is 1390 g/mol. The molecule has 2 saturated heterocycles. The highest BCUT2D eigenvalue weighted by Gasteiger charge is 2.42. The van der Waals surface area contributed by atoms with E-state index in [4.69, 9.17) is 47.4 Å². The lowest BCUT2D eigenvalue weighted by atomic mass is 9.78. The van der Waals surface area contributed by atoms with Crippen LogP contribution in [0.3, 0.4) is 0 Å². The molecule has 0 aromatic heterocycles. The number of carbonyl (C=O) groups is 2. The van der Waals surface area contributed by atoms with Gasteiger partial charge in [-0.25, -0.2) is 9.59 Å². The van der Waals surface area contributed by atoms with Crippen molar-refractivity contribution in [3.8, 4) is 0 Å². The van der Waals surface area contributed by atoms with Gasteiger partial charge in [-0.15, -0.1) is 0 Å². The van der Waals surface area contributed by atoms with Crippen molar-refractivity contribution in [1.29, 1.82) is 0 Å². The summed E-state index contributed by atoms with van der Waals surface area (Å²) in [5.74, 6) is -5.49. The van der Waals surface area contributed by atoms with Gasteiger partial charge in [0.25, 0.3) is 0 Å². The van der Waals surface area contributed by atoms with Crippen LogP contribution in [0.1, 0.15) is 192 Å². The van der Waals surface area contributed by atoms with Crippen LogP contribution >= 0.6 is 0 Å². The van der Waals surface area contributed by atoms with Crippen molar-refractivity contribution in [2.75, 3.05) is 35.0 Å². The molecule has 20 nitrogen and oxygen atoms in total. The first kappa shape index (κ1) is 85.4. The van der Waals surface area contributed by atoms with Crippen LogP contribution in [0.5, 0.6) is 0 Å².